The van der Waals surface area contributed by atoms with Crippen molar-refractivity contribution in [1.82, 2.24) is 0 Å². The maximum absolute atomic E-state index is 9.07. The molecule has 2 heteroatoms. The van der Waals surface area contributed by atoms with Crippen LogP contribution in [0.1, 0.15) is 25.0 Å². The molecule has 1 aromatic carbocycles. The zero-order chi connectivity index (χ0) is 12.1. The molecule has 0 bridgehead atoms. The average Bonchev–Trinajstić information content (AvgIpc) is 2.25. The Bertz CT molecular complexity index is 371. The van der Waals surface area contributed by atoms with Crippen molar-refractivity contribution >= 4 is 5.69 Å². The predicted octanol–water partition coefficient (Wildman–Crippen LogP) is 2.89. The van der Waals surface area contributed by atoms with Crippen molar-refractivity contribution in [2.45, 2.75) is 27.4 Å². The quantitative estimate of drug-likeness (QED) is 0.770. The first-order chi connectivity index (χ1) is 7.58. The molecule has 0 saturated heterocycles. The summed E-state index contributed by atoms with van der Waals surface area (Å²) in [5.41, 5.74) is 4.55. The van der Waals surface area contributed by atoms with Gasteiger partial charge in [0.1, 0.15) is 0 Å². The maximum Gasteiger partial charge on any atom is 0.0681 e. The normalized spacial score (nSPS) is 10.2. The highest BCUT2D eigenvalue weighted by atomic mass is 16.3. The number of hydrogen-bond acceptors (Lipinski definition) is 2. The minimum atomic E-state index is 0.105. The number of aliphatic hydroxyl groups is 1. The average molecular weight is 219 g/mol. The van der Waals surface area contributed by atoms with Crippen LogP contribution in [0.5, 0.6) is 0 Å². The SMILES string of the molecule is C=C(C)CN(CC)c1ccc(CO)cc1C. The Morgan fingerprint density at radius 1 is 1.44 bits per heavy atom. The van der Waals surface area contributed by atoms with E-state index in [1.807, 2.05) is 19.1 Å². The molecule has 0 aliphatic rings. The van der Waals surface area contributed by atoms with Gasteiger partial charge in [-0.15, -0.1) is 0 Å². The van der Waals surface area contributed by atoms with Crippen molar-refractivity contribution in [1.29, 1.82) is 0 Å². The fourth-order valence-electron chi connectivity index (χ4n) is 1.86. The molecule has 0 spiro atoms. The first kappa shape index (κ1) is 12.8. The fraction of sp³-hybridized carbons (Fsp3) is 0.429. The molecule has 0 aliphatic heterocycles. The molecule has 1 rings (SSSR count). The smallest absolute Gasteiger partial charge is 0.0681 e. The molecule has 0 heterocycles. The number of likely N-dealkylation sites (N-methyl/N-ethyl adjacent to an activating group) is 1. The third-order valence-electron chi connectivity index (χ3n) is 2.63. The van der Waals surface area contributed by atoms with E-state index in [1.54, 1.807) is 0 Å². The van der Waals surface area contributed by atoms with Crippen LogP contribution in [0.2, 0.25) is 0 Å². The van der Waals surface area contributed by atoms with Gasteiger partial charge in [-0.05, 0) is 38.0 Å². The van der Waals surface area contributed by atoms with Crippen molar-refractivity contribution in [3.05, 3.63) is 41.5 Å². The largest absolute Gasteiger partial charge is 0.392 e. The molecule has 1 aromatic rings. The lowest BCUT2D eigenvalue weighted by Crippen LogP contribution is -2.25. The predicted molar refractivity (Wildman–Crippen MR) is 69.8 cm³/mol. The second-order valence-electron chi connectivity index (χ2n) is 4.25. The van der Waals surface area contributed by atoms with Crippen molar-refractivity contribution in [2.24, 2.45) is 0 Å². The molecule has 88 valence electrons. The van der Waals surface area contributed by atoms with Gasteiger partial charge in [-0.25, -0.2) is 0 Å². The highest BCUT2D eigenvalue weighted by molar-refractivity contribution is 5.55. The first-order valence-corrected chi connectivity index (χ1v) is 5.68. The van der Waals surface area contributed by atoms with Crippen LogP contribution in [0.4, 0.5) is 5.69 Å². The molecule has 0 saturated carbocycles. The maximum atomic E-state index is 9.07. The molecule has 2 nitrogen and oxygen atoms in total. The molecule has 0 aromatic heterocycles. The summed E-state index contributed by atoms with van der Waals surface area (Å²) in [6.07, 6.45) is 0. The summed E-state index contributed by atoms with van der Waals surface area (Å²) in [7, 11) is 0. The summed E-state index contributed by atoms with van der Waals surface area (Å²) in [4.78, 5) is 2.29. The summed E-state index contributed by atoms with van der Waals surface area (Å²) in [5, 5.41) is 9.07. The van der Waals surface area contributed by atoms with Gasteiger partial charge in [-0.1, -0.05) is 24.3 Å². The van der Waals surface area contributed by atoms with Gasteiger partial charge in [0, 0.05) is 18.8 Å². The van der Waals surface area contributed by atoms with Crippen LogP contribution in [0.25, 0.3) is 0 Å². The molecule has 0 atom stereocenters. The van der Waals surface area contributed by atoms with Crippen LogP contribution in [0.15, 0.2) is 30.4 Å². The minimum Gasteiger partial charge on any atom is -0.392 e. The van der Waals surface area contributed by atoms with E-state index in [0.29, 0.717) is 0 Å². The third kappa shape index (κ3) is 3.11. The fourth-order valence-corrected chi connectivity index (χ4v) is 1.86. The number of anilines is 1. The number of rotatable bonds is 5. The van der Waals surface area contributed by atoms with Gasteiger partial charge >= 0.3 is 0 Å². The standard InChI is InChI=1S/C14H21NO/c1-5-15(9-11(2)3)14-7-6-13(10-16)8-12(14)4/h6-8,16H,2,5,9-10H2,1,3-4H3. The Balaban J connectivity index is 2.96. The second-order valence-corrected chi connectivity index (χ2v) is 4.25. The van der Waals surface area contributed by atoms with Gasteiger partial charge < -0.3 is 10.0 Å². The van der Waals surface area contributed by atoms with Crippen LogP contribution in [0, 0.1) is 6.92 Å². The van der Waals surface area contributed by atoms with Gasteiger partial charge in [0.15, 0.2) is 0 Å². The van der Waals surface area contributed by atoms with Gasteiger partial charge in [0.25, 0.3) is 0 Å². The zero-order valence-electron chi connectivity index (χ0n) is 10.5. The Labute approximate surface area is 98.2 Å². The third-order valence-corrected chi connectivity index (χ3v) is 2.63. The topological polar surface area (TPSA) is 23.5 Å². The number of aliphatic hydroxyl groups excluding tert-OH is 1. The summed E-state index contributed by atoms with van der Waals surface area (Å²) in [5.74, 6) is 0. The number of benzene rings is 1. The lowest BCUT2D eigenvalue weighted by Gasteiger charge is -2.25. The first-order valence-electron chi connectivity index (χ1n) is 5.68. The number of hydrogen-bond donors (Lipinski definition) is 1. The molecule has 0 unspecified atom stereocenters. The Morgan fingerprint density at radius 2 is 2.12 bits per heavy atom. The van der Waals surface area contributed by atoms with Crippen LogP contribution < -0.4 is 4.90 Å². The number of nitrogens with zero attached hydrogens (tertiary/aromatic N) is 1. The van der Waals surface area contributed by atoms with Crippen molar-refractivity contribution < 1.29 is 5.11 Å². The summed E-state index contributed by atoms with van der Waals surface area (Å²) in [6, 6.07) is 6.09. The molecular weight excluding hydrogens is 198 g/mol. The summed E-state index contributed by atoms with van der Waals surface area (Å²) < 4.78 is 0. The van der Waals surface area contributed by atoms with E-state index in [1.165, 1.54) is 11.3 Å². The van der Waals surface area contributed by atoms with E-state index in [-0.39, 0.29) is 6.61 Å². The van der Waals surface area contributed by atoms with Crippen molar-refractivity contribution in [2.75, 3.05) is 18.0 Å². The minimum absolute atomic E-state index is 0.105. The van der Waals surface area contributed by atoms with E-state index in [9.17, 15) is 0 Å². The van der Waals surface area contributed by atoms with Gasteiger partial charge in [0.05, 0.1) is 6.61 Å². The lowest BCUT2D eigenvalue weighted by molar-refractivity contribution is 0.282. The lowest BCUT2D eigenvalue weighted by atomic mass is 10.1. The van der Waals surface area contributed by atoms with E-state index in [2.05, 4.69) is 31.4 Å². The van der Waals surface area contributed by atoms with E-state index < -0.39 is 0 Å². The monoisotopic (exact) mass is 219 g/mol. The van der Waals surface area contributed by atoms with Crippen LogP contribution in [0.3, 0.4) is 0 Å². The molecule has 16 heavy (non-hydrogen) atoms. The van der Waals surface area contributed by atoms with Gasteiger partial charge in [-0.3, -0.25) is 0 Å². The summed E-state index contributed by atoms with van der Waals surface area (Å²) in [6.45, 7) is 12.2. The van der Waals surface area contributed by atoms with E-state index in [4.69, 9.17) is 5.11 Å². The van der Waals surface area contributed by atoms with Gasteiger partial charge in [-0.2, -0.15) is 0 Å². The van der Waals surface area contributed by atoms with Crippen LogP contribution >= 0.6 is 0 Å². The van der Waals surface area contributed by atoms with Crippen LogP contribution in [-0.4, -0.2) is 18.2 Å². The van der Waals surface area contributed by atoms with Crippen molar-refractivity contribution in [3.63, 3.8) is 0 Å². The highest BCUT2D eigenvalue weighted by Gasteiger charge is 2.07. The van der Waals surface area contributed by atoms with E-state index >= 15 is 0 Å². The molecule has 0 amide bonds. The van der Waals surface area contributed by atoms with Crippen molar-refractivity contribution in [3.8, 4) is 0 Å². The molecule has 0 fully saturated rings. The summed E-state index contributed by atoms with van der Waals surface area (Å²) >= 11 is 0. The second kappa shape index (κ2) is 5.71. The highest BCUT2D eigenvalue weighted by Crippen LogP contribution is 2.21. The van der Waals surface area contributed by atoms with Crippen LogP contribution in [-0.2, 0) is 6.61 Å². The Hall–Kier alpha value is -1.28. The molecule has 1 N–H and O–H groups in total. The van der Waals surface area contributed by atoms with E-state index in [0.717, 1.165) is 24.2 Å². The molecule has 0 radical (unpaired) electrons. The molecule has 0 aliphatic carbocycles. The Kier molecular flexibility index (Phi) is 4.56. The molecular formula is C14H21NO. The Morgan fingerprint density at radius 3 is 2.56 bits per heavy atom. The number of aryl methyl sites for hydroxylation is 1. The zero-order valence-corrected chi connectivity index (χ0v) is 10.5. The van der Waals surface area contributed by atoms with Gasteiger partial charge in [0.2, 0.25) is 0 Å².